The van der Waals surface area contributed by atoms with E-state index in [1.54, 1.807) is 14.1 Å². The molecule has 9 nitrogen and oxygen atoms in total. The molecule has 0 atom stereocenters. The number of aryl methyl sites for hydroxylation is 3. The SMILES string of the molecule is CN(C)C=O.Cc1cc(C)c(NC(=O)COC(=O)c2c3c(nc4ccccc24)C(=Cc2ccc4c(c2)OCO4)CCC3)c(C)c1. The molecule has 1 aliphatic carbocycles. The molecule has 0 saturated heterocycles. The summed E-state index contributed by atoms with van der Waals surface area (Å²) in [6, 6.07) is 17.4. The number of aromatic nitrogens is 1. The zero-order valence-corrected chi connectivity index (χ0v) is 26.2. The quantitative estimate of drug-likeness (QED) is 0.204. The van der Waals surface area contributed by atoms with Crippen molar-refractivity contribution in [2.75, 3.05) is 32.8 Å². The molecular formula is C36H37N3O6. The van der Waals surface area contributed by atoms with Crippen LogP contribution in [0.3, 0.4) is 0 Å². The van der Waals surface area contributed by atoms with Crippen LogP contribution in [-0.2, 0) is 20.7 Å². The largest absolute Gasteiger partial charge is 0.454 e. The van der Waals surface area contributed by atoms with E-state index in [0.29, 0.717) is 17.5 Å². The molecule has 0 spiro atoms. The summed E-state index contributed by atoms with van der Waals surface area (Å²) in [5.74, 6) is 0.554. The average molecular weight is 608 g/mol. The Morgan fingerprint density at radius 3 is 2.42 bits per heavy atom. The van der Waals surface area contributed by atoms with Gasteiger partial charge in [0.2, 0.25) is 13.2 Å². The van der Waals surface area contributed by atoms with E-state index in [2.05, 4.69) is 11.4 Å². The molecule has 0 unspecified atom stereocenters. The van der Waals surface area contributed by atoms with E-state index in [9.17, 15) is 14.4 Å². The van der Waals surface area contributed by atoms with Gasteiger partial charge in [0.05, 0.1) is 16.8 Å². The third kappa shape index (κ3) is 7.15. The number of allylic oxidation sites excluding steroid dienone is 1. The van der Waals surface area contributed by atoms with Gasteiger partial charge in [-0.1, -0.05) is 42.0 Å². The number of rotatable bonds is 6. The van der Waals surface area contributed by atoms with Crippen molar-refractivity contribution in [1.29, 1.82) is 0 Å². The first-order valence-electron chi connectivity index (χ1n) is 14.8. The standard InChI is InChI=1S/C33H30N2O5.C3H7NO/c1-19-13-20(2)31(21(3)14-19)35-29(36)17-38-33(37)30-24-8-4-5-10-26(24)34-32-23(7-6-9-25(30)32)15-22-11-12-27-28(16-22)40-18-39-27;1-4(2)3-5/h4-5,8,10-16H,6-7,9,17-18H2,1-3H3,(H,35,36);3H,1-2H3. The molecule has 1 N–H and O–H groups in total. The van der Waals surface area contributed by atoms with Crippen LogP contribution < -0.4 is 14.8 Å². The smallest absolute Gasteiger partial charge is 0.339 e. The summed E-state index contributed by atoms with van der Waals surface area (Å²) in [4.78, 5) is 42.2. The van der Waals surface area contributed by atoms with Crippen LogP contribution in [-0.4, -0.2) is 55.7 Å². The van der Waals surface area contributed by atoms with Crippen molar-refractivity contribution in [3.63, 3.8) is 0 Å². The molecule has 4 aromatic rings. The normalized spacial score (nSPS) is 13.8. The van der Waals surface area contributed by atoms with Gasteiger partial charge in [-0.15, -0.1) is 0 Å². The van der Waals surface area contributed by atoms with E-state index in [1.807, 2.05) is 75.4 Å². The van der Waals surface area contributed by atoms with Gasteiger partial charge in [0.25, 0.3) is 5.91 Å². The molecule has 1 aliphatic heterocycles. The highest BCUT2D eigenvalue weighted by atomic mass is 16.7. The number of nitrogens with one attached hydrogen (secondary N) is 1. The van der Waals surface area contributed by atoms with Crippen LogP contribution in [0, 0.1) is 20.8 Å². The molecule has 2 amide bonds. The Morgan fingerprint density at radius 2 is 1.69 bits per heavy atom. The van der Waals surface area contributed by atoms with E-state index in [4.69, 9.17) is 19.2 Å². The van der Waals surface area contributed by atoms with Gasteiger partial charge < -0.3 is 24.4 Å². The minimum atomic E-state index is -0.522. The third-order valence-corrected chi connectivity index (χ3v) is 7.60. The molecule has 0 fully saturated rings. The summed E-state index contributed by atoms with van der Waals surface area (Å²) < 4.78 is 16.6. The maximum Gasteiger partial charge on any atom is 0.339 e. The summed E-state index contributed by atoms with van der Waals surface area (Å²) in [6.07, 6.45) is 5.25. The van der Waals surface area contributed by atoms with Crippen LogP contribution in [0.5, 0.6) is 11.5 Å². The maximum absolute atomic E-state index is 13.6. The summed E-state index contributed by atoms with van der Waals surface area (Å²) in [5, 5.41) is 3.63. The second-order valence-electron chi connectivity index (χ2n) is 11.4. The fourth-order valence-corrected chi connectivity index (χ4v) is 5.67. The number of fused-ring (bicyclic) bond motifs is 3. The van der Waals surface area contributed by atoms with Crippen molar-refractivity contribution in [1.82, 2.24) is 9.88 Å². The first kappa shape index (κ1) is 31.3. The zero-order valence-electron chi connectivity index (χ0n) is 26.2. The summed E-state index contributed by atoms with van der Waals surface area (Å²) in [6.45, 7) is 5.76. The lowest BCUT2D eigenvalue weighted by Crippen LogP contribution is -2.23. The van der Waals surface area contributed by atoms with Crippen LogP contribution in [0.1, 0.15) is 56.7 Å². The number of hydrogen-bond acceptors (Lipinski definition) is 7. The van der Waals surface area contributed by atoms with Crippen molar-refractivity contribution in [2.24, 2.45) is 0 Å². The number of benzene rings is 3. The number of carbonyl (C=O) groups is 3. The Morgan fingerprint density at radius 1 is 0.978 bits per heavy atom. The fraction of sp³-hybridized carbons (Fsp3) is 0.278. The molecule has 6 rings (SSSR count). The van der Waals surface area contributed by atoms with Crippen LogP contribution in [0.15, 0.2) is 54.6 Å². The summed E-state index contributed by atoms with van der Waals surface area (Å²) in [5.41, 5.74) is 8.66. The second-order valence-corrected chi connectivity index (χ2v) is 11.4. The summed E-state index contributed by atoms with van der Waals surface area (Å²) in [7, 11) is 3.38. The van der Waals surface area contributed by atoms with Gasteiger partial charge in [-0.25, -0.2) is 9.78 Å². The molecule has 2 heterocycles. The number of anilines is 1. The molecule has 0 radical (unpaired) electrons. The highest BCUT2D eigenvalue weighted by Gasteiger charge is 2.27. The molecular weight excluding hydrogens is 570 g/mol. The topological polar surface area (TPSA) is 107 Å². The predicted molar refractivity (Wildman–Crippen MR) is 174 cm³/mol. The molecule has 1 aromatic heterocycles. The zero-order chi connectivity index (χ0) is 32.1. The Labute approximate surface area is 262 Å². The highest BCUT2D eigenvalue weighted by Crippen LogP contribution is 2.38. The lowest BCUT2D eigenvalue weighted by atomic mass is 9.86. The van der Waals surface area contributed by atoms with Gasteiger partial charge in [0, 0.05) is 25.2 Å². The number of ether oxygens (including phenoxy) is 3. The van der Waals surface area contributed by atoms with E-state index >= 15 is 0 Å². The van der Waals surface area contributed by atoms with Crippen molar-refractivity contribution in [3.8, 4) is 11.5 Å². The van der Waals surface area contributed by atoms with E-state index in [0.717, 1.165) is 80.9 Å². The number of carbonyl (C=O) groups excluding carboxylic acids is 3. The number of hydrogen-bond donors (Lipinski definition) is 1. The molecule has 9 heteroatoms. The first-order valence-corrected chi connectivity index (χ1v) is 14.8. The maximum atomic E-state index is 13.6. The van der Waals surface area contributed by atoms with Crippen LogP contribution >= 0.6 is 0 Å². The number of para-hydroxylation sites is 1. The molecule has 0 saturated carbocycles. The van der Waals surface area contributed by atoms with Gasteiger partial charge in [-0.3, -0.25) is 9.59 Å². The number of pyridine rings is 1. The second kappa shape index (κ2) is 13.6. The Bertz CT molecular complexity index is 1790. The Balaban J connectivity index is 0.000000743. The van der Waals surface area contributed by atoms with Gasteiger partial charge >= 0.3 is 5.97 Å². The van der Waals surface area contributed by atoms with Crippen molar-refractivity contribution < 1.29 is 28.6 Å². The fourth-order valence-electron chi connectivity index (χ4n) is 5.67. The molecule has 232 valence electrons. The third-order valence-electron chi connectivity index (χ3n) is 7.60. The van der Waals surface area contributed by atoms with Gasteiger partial charge in [0.15, 0.2) is 18.1 Å². The Hall–Kier alpha value is -5.18. The predicted octanol–water partition coefficient (Wildman–Crippen LogP) is 6.27. The number of nitrogens with zero attached hydrogens (tertiary/aromatic N) is 2. The van der Waals surface area contributed by atoms with Crippen LogP contribution in [0.4, 0.5) is 5.69 Å². The van der Waals surface area contributed by atoms with E-state index < -0.39 is 5.97 Å². The highest BCUT2D eigenvalue weighted by molar-refractivity contribution is 6.07. The van der Waals surface area contributed by atoms with Gasteiger partial charge in [0.1, 0.15) is 0 Å². The number of amides is 2. The molecule has 45 heavy (non-hydrogen) atoms. The molecule has 0 bridgehead atoms. The Kier molecular flexibility index (Phi) is 9.47. The molecule has 3 aromatic carbocycles. The lowest BCUT2D eigenvalue weighted by molar-refractivity contribution is -0.119. The summed E-state index contributed by atoms with van der Waals surface area (Å²) >= 11 is 0. The van der Waals surface area contributed by atoms with Crippen molar-refractivity contribution >= 4 is 46.5 Å². The minimum Gasteiger partial charge on any atom is -0.454 e. The average Bonchev–Trinajstić information content (AvgIpc) is 3.49. The first-order chi connectivity index (χ1) is 21.6. The lowest BCUT2D eigenvalue weighted by Gasteiger charge is -2.22. The van der Waals surface area contributed by atoms with Gasteiger partial charge in [-0.05, 0) is 92.1 Å². The number of esters is 1. The van der Waals surface area contributed by atoms with E-state index in [-0.39, 0.29) is 19.3 Å². The minimum absolute atomic E-state index is 0.222. The van der Waals surface area contributed by atoms with Crippen LogP contribution in [0.25, 0.3) is 22.6 Å². The van der Waals surface area contributed by atoms with Crippen molar-refractivity contribution in [3.05, 3.63) is 93.7 Å². The van der Waals surface area contributed by atoms with Crippen molar-refractivity contribution in [2.45, 2.75) is 40.0 Å². The monoisotopic (exact) mass is 607 g/mol. The van der Waals surface area contributed by atoms with Crippen LogP contribution in [0.2, 0.25) is 0 Å². The van der Waals surface area contributed by atoms with Gasteiger partial charge in [-0.2, -0.15) is 0 Å². The molecule has 2 aliphatic rings. The van der Waals surface area contributed by atoms with E-state index in [1.165, 1.54) is 4.90 Å².